The lowest BCUT2D eigenvalue weighted by Gasteiger charge is -2.25. The van der Waals surface area contributed by atoms with E-state index in [0.717, 1.165) is 23.8 Å². The minimum absolute atomic E-state index is 0.0122. The fraction of sp³-hybridized carbons (Fsp3) is 0.538. The third-order valence-corrected chi connectivity index (χ3v) is 3.48. The summed E-state index contributed by atoms with van der Waals surface area (Å²) in [7, 11) is 0. The Bertz CT molecular complexity index is 361. The molecular weight excluding hydrogens is 222 g/mol. The molecule has 0 saturated heterocycles. The van der Waals surface area contributed by atoms with Crippen LogP contribution in [0.25, 0.3) is 0 Å². The van der Waals surface area contributed by atoms with Gasteiger partial charge in [0, 0.05) is 6.04 Å². The summed E-state index contributed by atoms with van der Waals surface area (Å²) in [4.78, 5) is 0. The average molecular weight is 240 g/mol. The second-order valence-corrected chi connectivity index (χ2v) is 4.99. The summed E-state index contributed by atoms with van der Waals surface area (Å²) in [6.07, 6.45) is 3.91. The van der Waals surface area contributed by atoms with E-state index < -0.39 is 0 Å². The molecule has 88 valence electrons. The molecule has 0 aliphatic heterocycles. The molecule has 1 atom stereocenters. The minimum atomic E-state index is 0.0122. The molecule has 2 N–H and O–H groups in total. The first-order valence-corrected chi connectivity index (χ1v) is 6.22. The Hall–Kier alpha value is -0.730. The van der Waals surface area contributed by atoms with Crippen molar-refractivity contribution in [2.45, 2.75) is 32.2 Å². The minimum Gasteiger partial charge on any atom is -0.492 e. The second kappa shape index (κ2) is 5.07. The highest BCUT2D eigenvalue weighted by molar-refractivity contribution is 6.32. The molecule has 1 aromatic rings. The molecule has 1 aliphatic rings. The van der Waals surface area contributed by atoms with Crippen LogP contribution in [0.2, 0.25) is 5.02 Å². The molecule has 1 unspecified atom stereocenters. The molecule has 1 fully saturated rings. The summed E-state index contributed by atoms with van der Waals surface area (Å²) >= 11 is 6.14. The van der Waals surface area contributed by atoms with Crippen molar-refractivity contribution in [3.63, 3.8) is 0 Å². The number of halogens is 1. The average Bonchev–Trinajstić information content (AvgIpc) is 2.17. The van der Waals surface area contributed by atoms with Gasteiger partial charge in [-0.05, 0) is 43.4 Å². The van der Waals surface area contributed by atoms with Gasteiger partial charge in [-0.25, -0.2) is 0 Å². The lowest BCUT2D eigenvalue weighted by Crippen LogP contribution is -2.19. The van der Waals surface area contributed by atoms with Crippen LogP contribution in [0.3, 0.4) is 0 Å². The Kier molecular flexibility index (Phi) is 3.72. The van der Waals surface area contributed by atoms with E-state index in [1.54, 1.807) is 0 Å². The van der Waals surface area contributed by atoms with Gasteiger partial charge < -0.3 is 10.5 Å². The number of hydrogen-bond donors (Lipinski definition) is 1. The summed E-state index contributed by atoms with van der Waals surface area (Å²) in [5.74, 6) is 1.50. The van der Waals surface area contributed by atoms with Crippen molar-refractivity contribution in [2.24, 2.45) is 11.7 Å². The van der Waals surface area contributed by atoms with Crippen molar-refractivity contribution in [1.82, 2.24) is 0 Å². The number of hydrogen-bond acceptors (Lipinski definition) is 2. The van der Waals surface area contributed by atoms with Crippen LogP contribution in [0.5, 0.6) is 5.75 Å². The molecule has 1 aliphatic carbocycles. The number of nitrogens with two attached hydrogens (primary N) is 1. The molecular formula is C13H18ClNO. The molecule has 0 heterocycles. The molecule has 0 spiro atoms. The van der Waals surface area contributed by atoms with Gasteiger partial charge in [-0.2, -0.15) is 0 Å². The zero-order chi connectivity index (χ0) is 11.5. The Morgan fingerprint density at radius 2 is 2.25 bits per heavy atom. The largest absolute Gasteiger partial charge is 0.492 e. The number of rotatable bonds is 4. The molecule has 0 bridgehead atoms. The molecule has 2 nitrogen and oxygen atoms in total. The summed E-state index contributed by atoms with van der Waals surface area (Å²) in [6, 6.07) is 5.80. The van der Waals surface area contributed by atoms with Crippen molar-refractivity contribution in [3.05, 3.63) is 28.8 Å². The van der Waals surface area contributed by atoms with Gasteiger partial charge in [0.15, 0.2) is 0 Å². The van der Waals surface area contributed by atoms with Gasteiger partial charge in [0.2, 0.25) is 0 Å². The highest BCUT2D eigenvalue weighted by atomic mass is 35.5. The summed E-state index contributed by atoms with van der Waals surface area (Å²) in [5.41, 5.74) is 6.83. The Morgan fingerprint density at radius 3 is 2.75 bits per heavy atom. The monoisotopic (exact) mass is 239 g/mol. The highest BCUT2D eigenvalue weighted by Crippen LogP contribution is 2.31. The third kappa shape index (κ3) is 2.69. The van der Waals surface area contributed by atoms with Gasteiger partial charge in [0.1, 0.15) is 5.75 Å². The summed E-state index contributed by atoms with van der Waals surface area (Å²) < 4.78 is 5.70. The van der Waals surface area contributed by atoms with E-state index in [1.165, 1.54) is 19.3 Å². The SMILES string of the molecule is CC(N)c1ccc(OCC2CCC2)c(Cl)c1. The predicted octanol–water partition coefficient (Wildman–Crippen LogP) is 3.54. The van der Waals surface area contributed by atoms with Gasteiger partial charge in [-0.15, -0.1) is 0 Å². The van der Waals surface area contributed by atoms with Gasteiger partial charge in [-0.3, -0.25) is 0 Å². The Morgan fingerprint density at radius 1 is 1.50 bits per heavy atom. The predicted molar refractivity (Wildman–Crippen MR) is 66.9 cm³/mol. The maximum Gasteiger partial charge on any atom is 0.137 e. The van der Waals surface area contributed by atoms with Crippen LogP contribution in [0.15, 0.2) is 18.2 Å². The van der Waals surface area contributed by atoms with Crippen LogP contribution in [0.4, 0.5) is 0 Å². The highest BCUT2D eigenvalue weighted by Gasteiger charge is 2.18. The fourth-order valence-corrected chi connectivity index (χ4v) is 2.03. The van der Waals surface area contributed by atoms with E-state index in [9.17, 15) is 0 Å². The number of ether oxygens (including phenoxy) is 1. The normalized spacial score (nSPS) is 17.9. The second-order valence-electron chi connectivity index (χ2n) is 4.59. The van der Waals surface area contributed by atoms with Gasteiger partial charge >= 0.3 is 0 Å². The van der Waals surface area contributed by atoms with Crippen LogP contribution in [0.1, 0.15) is 37.8 Å². The van der Waals surface area contributed by atoms with Crippen molar-refractivity contribution < 1.29 is 4.74 Å². The lowest BCUT2D eigenvalue weighted by atomic mass is 9.86. The topological polar surface area (TPSA) is 35.2 Å². The first-order chi connectivity index (χ1) is 7.66. The standard InChI is InChI=1S/C13H18ClNO/c1-9(15)11-5-6-13(12(14)7-11)16-8-10-3-2-4-10/h5-7,9-10H,2-4,8,15H2,1H3. The maximum absolute atomic E-state index is 6.14. The van der Waals surface area contributed by atoms with Crippen molar-refractivity contribution in [2.75, 3.05) is 6.61 Å². The van der Waals surface area contributed by atoms with Crippen LogP contribution >= 0.6 is 11.6 Å². The van der Waals surface area contributed by atoms with Gasteiger partial charge in [0.25, 0.3) is 0 Å². The van der Waals surface area contributed by atoms with Crippen molar-refractivity contribution in [3.8, 4) is 5.75 Å². The fourth-order valence-electron chi connectivity index (χ4n) is 1.78. The van der Waals surface area contributed by atoms with E-state index in [-0.39, 0.29) is 6.04 Å². The van der Waals surface area contributed by atoms with E-state index in [2.05, 4.69) is 0 Å². The third-order valence-electron chi connectivity index (χ3n) is 3.18. The molecule has 16 heavy (non-hydrogen) atoms. The quantitative estimate of drug-likeness (QED) is 0.872. The molecule has 2 rings (SSSR count). The zero-order valence-corrected chi connectivity index (χ0v) is 10.3. The van der Waals surface area contributed by atoms with Crippen LogP contribution in [0, 0.1) is 5.92 Å². The molecule has 0 amide bonds. The molecule has 1 saturated carbocycles. The zero-order valence-electron chi connectivity index (χ0n) is 9.58. The molecule has 0 aromatic heterocycles. The van der Waals surface area contributed by atoms with Crippen LogP contribution < -0.4 is 10.5 Å². The lowest BCUT2D eigenvalue weighted by molar-refractivity contribution is 0.180. The molecule has 3 heteroatoms. The summed E-state index contributed by atoms with van der Waals surface area (Å²) in [6.45, 7) is 2.73. The molecule has 0 radical (unpaired) electrons. The van der Waals surface area contributed by atoms with Crippen LogP contribution in [-0.4, -0.2) is 6.61 Å². The van der Waals surface area contributed by atoms with Crippen LogP contribution in [-0.2, 0) is 0 Å². The number of benzene rings is 1. The smallest absolute Gasteiger partial charge is 0.137 e. The van der Waals surface area contributed by atoms with Gasteiger partial charge in [-0.1, -0.05) is 24.1 Å². The van der Waals surface area contributed by atoms with E-state index in [1.807, 2.05) is 25.1 Å². The molecule has 1 aromatic carbocycles. The van der Waals surface area contributed by atoms with E-state index in [4.69, 9.17) is 22.1 Å². The van der Waals surface area contributed by atoms with Crippen molar-refractivity contribution >= 4 is 11.6 Å². The van der Waals surface area contributed by atoms with E-state index >= 15 is 0 Å². The maximum atomic E-state index is 6.14. The Balaban J connectivity index is 1.98. The van der Waals surface area contributed by atoms with Crippen molar-refractivity contribution in [1.29, 1.82) is 0 Å². The van der Waals surface area contributed by atoms with E-state index in [0.29, 0.717) is 5.02 Å². The summed E-state index contributed by atoms with van der Waals surface area (Å²) in [5, 5.41) is 0.661. The first kappa shape index (κ1) is 11.7. The van der Waals surface area contributed by atoms with Gasteiger partial charge in [0.05, 0.1) is 11.6 Å². The Labute approximate surface area is 102 Å². The first-order valence-electron chi connectivity index (χ1n) is 5.84.